The molecule has 2 aliphatic rings. The van der Waals surface area contributed by atoms with E-state index < -0.39 is 5.91 Å². The van der Waals surface area contributed by atoms with Gasteiger partial charge in [-0.25, -0.2) is 0 Å². The van der Waals surface area contributed by atoms with E-state index in [1.165, 1.54) is 36.0 Å². The number of amidine groups is 2. The molecular weight excluding hydrogens is 584 g/mol. The van der Waals surface area contributed by atoms with Gasteiger partial charge in [0, 0.05) is 0 Å². The number of fused-ring (bicyclic) bond motifs is 1. The molecule has 0 saturated carbocycles. The molecule has 0 bridgehead atoms. The molecule has 2 aromatic rings. The van der Waals surface area contributed by atoms with Crippen LogP contribution in [0.1, 0.15) is 88.8 Å². The van der Waals surface area contributed by atoms with Gasteiger partial charge in [-0.1, -0.05) is 70.2 Å². The quantitative estimate of drug-likeness (QED) is 0.157. The van der Waals surface area contributed by atoms with Crippen LogP contribution in [0.5, 0.6) is 17.2 Å². The molecule has 230 valence electrons. The number of hydrazone groups is 1. The number of rotatable bonds is 15. The van der Waals surface area contributed by atoms with Crippen LogP contribution in [0.4, 0.5) is 0 Å². The van der Waals surface area contributed by atoms with Crippen LogP contribution in [0.15, 0.2) is 46.0 Å². The molecule has 0 aromatic heterocycles. The first-order valence-electron chi connectivity index (χ1n) is 15.0. The van der Waals surface area contributed by atoms with Crippen LogP contribution in [0.25, 0.3) is 6.08 Å². The Hall–Kier alpha value is -3.30. The van der Waals surface area contributed by atoms with Gasteiger partial charge < -0.3 is 14.2 Å². The molecule has 0 fully saturated rings. The van der Waals surface area contributed by atoms with Crippen molar-refractivity contribution in [1.82, 2.24) is 5.01 Å². The minimum atomic E-state index is -0.480. The van der Waals surface area contributed by atoms with Gasteiger partial charge in [0.25, 0.3) is 5.91 Å². The summed E-state index contributed by atoms with van der Waals surface area (Å²) in [5.41, 5.74) is 3.01. The number of ether oxygens (including phenoxy) is 3. The van der Waals surface area contributed by atoms with Crippen molar-refractivity contribution < 1.29 is 19.0 Å². The van der Waals surface area contributed by atoms with Crippen molar-refractivity contribution in [3.05, 3.63) is 57.6 Å². The highest BCUT2D eigenvalue weighted by atomic mass is 35.5. The average molecular weight is 625 g/mol. The number of nitrogens with one attached hydrogen (secondary N) is 1. The molecule has 4 rings (SSSR count). The van der Waals surface area contributed by atoms with Gasteiger partial charge in [-0.15, -0.1) is 0 Å². The molecular formula is C33H41ClN4O4S. The topological polar surface area (TPSA) is 96.6 Å². The van der Waals surface area contributed by atoms with Crippen LogP contribution in [0, 0.1) is 12.3 Å². The Bertz CT molecular complexity index is 1440. The van der Waals surface area contributed by atoms with Crippen molar-refractivity contribution in [3.8, 4) is 17.2 Å². The summed E-state index contributed by atoms with van der Waals surface area (Å²) in [5, 5.41) is 16.4. The monoisotopic (exact) mass is 624 g/mol. The molecule has 0 radical (unpaired) electrons. The molecule has 2 aromatic carbocycles. The van der Waals surface area contributed by atoms with E-state index >= 15 is 0 Å². The van der Waals surface area contributed by atoms with Crippen molar-refractivity contribution >= 4 is 51.4 Å². The van der Waals surface area contributed by atoms with Crippen molar-refractivity contribution in [1.29, 1.82) is 5.41 Å². The van der Waals surface area contributed by atoms with Crippen LogP contribution in [0.2, 0.25) is 5.02 Å². The van der Waals surface area contributed by atoms with Gasteiger partial charge in [-0.05, 0) is 85.3 Å². The molecule has 10 heteroatoms. The van der Waals surface area contributed by atoms with Crippen LogP contribution in [0.3, 0.4) is 0 Å². The number of nitrogens with zero attached hydrogens (tertiary/aromatic N) is 3. The van der Waals surface area contributed by atoms with Gasteiger partial charge in [0.2, 0.25) is 5.17 Å². The zero-order valence-corrected chi connectivity index (χ0v) is 27.2. The molecule has 0 spiro atoms. The van der Waals surface area contributed by atoms with E-state index in [1.807, 2.05) is 19.9 Å². The molecule has 0 saturated heterocycles. The first kappa shape index (κ1) is 32.6. The van der Waals surface area contributed by atoms with Gasteiger partial charge in [0.1, 0.15) is 24.0 Å². The second-order valence-electron chi connectivity index (χ2n) is 10.8. The minimum Gasteiger partial charge on any atom is -0.490 e. The number of thioether (sulfide) groups is 1. The lowest BCUT2D eigenvalue weighted by molar-refractivity contribution is -0.114. The average Bonchev–Trinajstić information content (AvgIpc) is 3.37. The van der Waals surface area contributed by atoms with E-state index in [0.717, 1.165) is 41.2 Å². The molecule has 1 amide bonds. The lowest BCUT2D eigenvalue weighted by atomic mass is 10.0. The lowest BCUT2D eigenvalue weighted by Crippen LogP contribution is -2.35. The van der Waals surface area contributed by atoms with E-state index in [9.17, 15) is 4.79 Å². The maximum atomic E-state index is 12.9. The summed E-state index contributed by atoms with van der Waals surface area (Å²) in [6.45, 7) is 11.4. The molecule has 43 heavy (non-hydrogen) atoms. The molecule has 0 unspecified atom stereocenters. The number of aliphatic imine (C=N–C) groups is 1. The van der Waals surface area contributed by atoms with Crippen molar-refractivity contribution in [2.75, 3.05) is 19.8 Å². The summed E-state index contributed by atoms with van der Waals surface area (Å²) >= 11 is 8.02. The number of carbonyl (C=O) groups excluding carboxylic acids is 1. The third-order valence-corrected chi connectivity index (χ3v) is 8.26. The highest BCUT2D eigenvalue weighted by Crippen LogP contribution is 2.38. The van der Waals surface area contributed by atoms with Gasteiger partial charge >= 0.3 is 0 Å². The number of aryl methyl sites for hydroxylation is 1. The standard InChI is InChI=1S/C33H41ClN4O4S/c1-6-8-9-10-11-12-29-37-38-31(35)25(32(39)36-33(38)43-29)18-23-19-26(34)30(28(20-23)40-7-2)42-16-15-41-27-17-22(5)13-14-24(27)21(3)4/h13-14,17-21,35H,6-12,15-16H2,1-5H3/b25-18-,35-31?. The van der Waals surface area contributed by atoms with Crippen LogP contribution in [-0.4, -0.2) is 46.8 Å². The van der Waals surface area contributed by atoms with Crippen molar-refractivity contribution in [2.45, 2.75) is 79.1 Å². The molecule has 2 heterocycles. The second kappa shape index (κ2) is 15.4. The van der Waals surface area contributed by atoms with Crippen LogP contribution >= 0.6 is 23.4 Å². The third kappa shape index (κ3) is 8.42. The number of carbonyl (C=O) groups is 1. The first-order valence-corrected chi connectivity index (χ1v) is 16.2. The number of amides is 1. The number of hydrogen-bond donors (Lipinski definition) is 1. The van der Waals surface area contributed by atoms with Crippen molar-refractivity contribution in [3.63, 3.8) is 0 Å². The Morgan fingerprint density at radius 1 is 1.02 bits per heavy atom. The molecule has 2 aliphatic heterocycles. The fourth-order valence-corrected chi connectivity index (χ4v) is 5.99. The Morgan fingerprint density at radius 2 is 1.79 bits per heavy atom. The summed E-state index contributed by atoms with van der Waals surface area (Å²) in [6.07, 6.45) is 8.22. The third-order valence-electron chi connectivity index (χ3n) is 7.01. The summed E-state index contributed by atoms with van der Waals surface area (Å²) in [7, 11) is 0. The van der Waals surface area contributed by atoms with Crippen molar-refractivity contribution in [2.24, 2.45) is 10.1 Å². The van der Waals surface area contributed by atoms with E-state index in [0.29, 0.717) is 46.4 Å². The predicted octanol–water partition coefficient (Wildman–Crippen LogP) is 8.61. The maximum Gasteiger partial charge on any atom is 0.283 e. The molecule has 1 N–H and O–H groups in total. The zero-order chi connectivity index (χ0) is 30.9. The fourth-order valence-electron chi connectivity index (χ4n) is 4.79. The van der Waals surface area contributed by atoms with Gasteiger partial charge in [0.15, 0.2) is 17.3 Å². The highest BCUT2D eigenvalue weighted by Gasteiger charge is 2.35. The normalized spacial score (nSPS) is 15.6. The minimum absolute atomic E-state index is 0.00745. The molecule has 0 atom stereocenters. The maximum absolute atomic E-state index is 12.9. The Kier molecular flexibility index (Phi) is 11.7. The number of hydrogen-bond acceptors (Lipinski definition) is 7. The Balaban J connectivity index is 1.45. The van der Waals surface area contributed by atoms with Crippen LogP contribution in [-0.2, 0) is 4.79 Å². The Morgan fingerprint density at radius 3 is 2.53 bits per heavy atom. The van der Waals surface area contributed by atoms with E-state index in [4.69, 9.17) is 31.2 Å². The largest absolute Gasteiger partial charge is 0.490 e. The Labute approximate surface area is 264 Å². The molecule has 0 aliphatic carbocycles. The van der Waals surface area contributed by atoms with E-state index in [1.54, 1.807) is 18.2 Å². The van der Waals surface area contributed by atoms with Crippen LogP contribution < -0.4 is 14.2 Å². The van der Waals surface area contributed by atoms with E-state index in [-0.39, 0.29) is 18.0 Å². The summed E-state index contributed by atoms with van der Waals surface area (Å²) in [4.78, 5) is 17.2. The second-order valence-corrected chi connectivity index (χ2v) is 12.3. The number of unbranched alkanes of at least 4 members (excludes halogenated alkanes) is 4. The smallest absolute Gasteiger partial charge is 0.283 e. The highest BCUT2D eigenvalue weighted by molar-refractivity contribution is 8.26. The first-order chi connectivity index (χ1) is 20.7. The number of halogens is 1. The SMILES string of the molecule is CCCCCCCC1=NN2C(=N)/C(=C/c3cc(Cl)c(OCCOc4cc(C)ccc4C(C)C)c(OCC)c3)C(=O)N=C2S1. The summed E-state index contributed by atoms with van der Waals surface area (Å²) in [6, 6.07) is 9.66. The van der Waals surface area contributed by atoms with Gasteiger partial charge in [-0.3, -0.25) is 10.2 Å². The number of benzene rings is 2. The van der Waals surface area contributed by atoms with E-state index in [2.05, 4.69) is 43.0 Å². The zero-order valence-electron chi connectivity index (χ0n) is 25.7. The summed E-state index contributed by atoms with van der Waals surface area (Å²) < 4.78 is 17.9. The van der Waals surface area contributed by atoms with Gasteiger partial charge in [-0.2, -0.15) is 15.1 Å². The van der Waals surface area contributed by atoms with Gasteiger partial charge in [0.05, 0.1) is 17.2 Å². The summed E-state index contributed by atoms with van der Waals surface area (Å²) in [5.74, 6) is 1.54. The lowest BCUT2D eigenvalue weighted by Gasteiger charge is -2.20. The molecule has 8 nitrogen and oxygen atoms in total. The predicted molar refractivity (Wildman–Crippen MR) is 177 cm³/mol. The fraction of sp³-hybridized carbons (Fsp3) is 0.455.